The molecule has 0 saturated heterocycles. The summed E-state index contributed by atoms with van der Waals surface area (Å²) in [4.78, 5) is 23.9. The van der Waals surface area contributed by atoms with Gasteiger partial charge in [-0.3, -0.25) is 4.79 Å². The number of ether oxygens (including phenoxy) is 3. The van der Waals surface area contributed by atoms with Crippen molar-refractivity contribution in [2.75, 3.05) is 13.4 Å². The van der Waals surface area contributed by atoms with Gasteiger partial charge in [0.25, 0.3) is 0 Å². The first-order valence-corrected chi connectivity index (χ1v) is 7.39. The minimum absolute atomic E-state index is 0.0751. The van der Waals surface area contributed by atoms with Crippen LogP contribution in [0.3, 0.4) is 0 Å². The van der Waals surface area contributed by atoms with Crippen molar-refractivity contribution in [3.63, 3.8) is 0 Å². The molecule has 124 valence electrons. The molecule has 1 heterocycles. The Morgan fingerprint density at radius 1 is 1.26 bits per heavy atom. The number of aliphatic hydroxyl groups excluding tert-OH is 1. The molecule has 6 nitrogen and oxygen atoms in total. The molecule has 1 aromatic rings. The standard InChI is InChI=1S/C17H20O6/c1-4-21-17(20)16(11(3)19)13(7-10(2)18)12-5-6-14-15(8-12)23-9-22-14/h5-6,8,13,19H,4,7,9H2,1-3H3/b16-11-. The maximum Gasteiger partial charge on any atom is 0.338 e. The van der Waals surface area contributed by atoms with Gasteiger partial charge in [-0.15, -0.1) is 0 Å². The molecule has 23 heavy (non-hydrogen) atoms. The molecule has 0 bridgehead atoms. The van der Waals surface area contributed by atoms with Crippen LogP contribution < -0.4 is 9.47 Å². The number of hydrogen-bond donors (Lipinski definition) is 1. The van der Waals surface area contributed by atoms with Crippen molar-refractivity contribution in [3.05, 3.63) is 35.1 Å². The van der Waals surface area contributed by atoms with Crippen LogP contribution in [0.2, 0.25) is 0 Å². The van der Waals surface area contributed by atoms with E-state index in [-0.39, 0.29) is 36.9 Å². The quantitative estimate of drug-likeness (QED) is 0.493. The number of carbonyl (C=O) groups excluding carboxylic acids is 2. The fourth-order valence-electron chi connectivity index (χ4n) is 2.55. The van der Waals surface area contributed by atoms with Crippen molar-refractivity contribution in [2.45, 2.75) is 33.1 Å². The lowest BCUT2D eigenvalue weighted by atomic mass is 9.86. The van der Waals surface area contributed by atoms with Crippen LogP contribution in [0.15, 0.2) is 29.5 Å². The molecule has 0 spiro atoms. The average molecular weight is 320 g/mol. The Morgan fingerprint density at radius 3 is 2.57 bits per heavy atom. The molecule has 1 aromatic carbocycles. The van der Waals surface area contributed by atoms with Crippen molar-refractivity contribution in [1.82, 2.24) is 0 Å². The van der Waals surface area contributed by atoms with Gasteiger partial charge >= 0.3 is 5.97 Å². The summed E-state index contributed by atoms with van der Waals surface area (Å²) in [5.74, 6) is -0.335. The first-order chi connectivity index (χ1) is 10.9. The second kappa shape index (κ2) is 7.17. The van der Waals surface area contributed by atoms with Gasteiger partial charge < -0.3 is 19.3 Å². The van der Waals surface area contributed by atoms with E-state index >= 15 is 0 Å². The van der Waals surface area contributed by atoms with E-state index in [1.165, 1.54) is 13.8 Å². The molecule has 1 aliphatic heterocycles. The smallest absolute Gasteiger partial charge is 0.338 e. The number of ketones is 1. The first kappa shape index (κ1) is 16.9. The van der Waals surface area contributed by atoms with Crippen molar-refractivity contribution < 1.29 is 28.9 Å². The predicted octanol–water partition coefficient (Wildman–Crippen LogP) is 2.87. The molecular weight excluding hydrogens is 300 g/mol. The average Bonchev–Trinajstić information content (AvgIpc) is 2.93. The predicted molar refractivity (Wildman–Crippen MR) is 82.6 cm³/mol. The zero-order valence-electron chi connectivity index (χ0n) is 13.4. The molecule has 0 radical (unpaired) electrons. The van der Waals surface area contributed by atoms with Crippen molar-refractivity contribution in [2.24, 2.45) is 0 Å². The Morgan fingerprint density at radius 2 is 1.96 bits per heavy atom. The van der Waals surface area contributed by atoms with E-state index < -0.39 is 11.9 Å². The Labute approximate surface area is 134 Å². The van der Waals surface area contributed by atoms with Gasteiger partial charge in [-0.25, -0.2) is 4.79 Å². The topological polar surface area (TPSA) is 82.1 Å². The van der Waals surface area contributed by atoms with Gasteiger partial charge in [-0.1, -0.05) is 6.07 Å². The zero-order chi connectivity index (χ0) is 17.0. The number of carbonyl (C=O) groups is 2. The van der Waals surface area contributed by atoms with Crippen molar-refractivity contribution >= 4 is 11.8 Å². The van der Waals surface area contributed by atoms with Crippen LogP contribution in [0, 0.1) is 0 Å². The summed E-state index contributed by atoms with van der Waals surface area (Å²) in [5, 5.41) is 9.96. The van der Waals surface area contributed by atoms with Crippen LogP contribution in [-0.2, 0) is 14.3 Å². The van der Waals surface area contributed by atoms with Gasteiger partial charge in [0.05, 0.1) is 12.2 Å². The Kier molecular flexibility index (Phi) is 5.26. The number of hydrogen-bond acceptors (Lipinski definition) is 6. The maximum atomic E-state index is 12.2. The van der Waals surface area contributed by atoms with Crippen molar-refractivity contribution in [3.8, 4) is 11.5 Å². The van der Waals surface area contributed by atoms with Gasteiger partial charge in [0, 0.05) is 12.3 Å². The van der Waals surface area contributed by atoms with E-state index in [2.05, 4.69) is 0 Å². The number of fused-ring (bicyclic) bond motifs is 1. The maximum absolute atomic E-state index is 12.2. The zero-order valence-corrected chi connectivity index (χ0v) is 13.4. The lowest BCUT2D eigenvalue weighted by Gasteiger charge is -2.20. The van der Waals surface area contributed by atoms with Crippen LogP contribution in [0.5, 0.6) is 11.5 Å². The second-order valence-electron chi connectivity index (χ2n) is 5.29. The largest absolute Gasteiger partial charge is 0.512 e. The molecule has 2 rings (SSSR count). The molecule has 0 aromatic heterocycles. The van der Waals surface area contributed by atoms with Gasteiger partial charge in [0.15, 0.2) is 11.5 Å². The number of Topliss-reactive ketones (excluding diaryl/α,β-unsaturated/α-hetero) is 1. The number of allylic oxidation sites excluding steroid dienone is 1. The Balaban J connectivity index is 2.45. The van der Waals surface area contributed by atoms with Gasteiger partial charge in [0.2, 0.25) is 6.79 Å². The first-order valence-electron chi connectivity index (χ1n) is 7.39. The van der Waals surface area contributed by atoms with Crippen molar-refractivity contribution in [1.29, 1.82) is 0 Å². The van der Waals surface area contributed by atoms with E-state index in [1.54, 1.807) is 25.1 Å². The summed E-state index contributed by atoms with van der Waals surface area (Å²) in [7, 11) is 0. The number of rotatable bonds is 6. The van der Waals surface area contributed by atoms with E-state index in [0.717, 1.165) is 0 Å². The fraction of sp³-hybridized carbons (Fsp3) is 0.412. The monoisotopic (exact) mass is 320 g/mol. The number of aliphatic hydroxyl groups is 1. The molecule has 1 aliphatic rings. The van der Waals surface area contributed by atoms with E-state index in [9.17, 15) is 14.7 Å². The molecule has 1 N–H and O–H groups in total. The molecule has 0 saturated carbocycles. The lowest BCUT2D eigenvalue weighted by Crippen LogP contribution is -2.19. The van der Waals surface area contributed by atoms with Crippen LogP contribution in [0.4, 0.5) is 0 Å². The summed E-state index contributed by atoms with van der Waals surface area (Å²) in [6.07, 6.45) is 0.0751. The summed E-state index contributed by atoms with van der Waals surface area (Å²) in [6.45, 7) is 4.85. The summed E-state index contributed by atoms with van der Waals surface area (Å²) < 4.78 is 15.6. The van der Waals surface area contributed by atoms with E-state index in [4.69, 9.17) is 14.2 Å². The molecule has 1 unspecified atom stereocenters. The molecule has 0 amide bonds. The molecular formula is C17H20O6. The third-order valence-corrected chi connectivity index (χ3v) is 3.52. The van der Waals surface area contributed by atoms with Crippen LogP contribution in [0.25, 0.3) is 0 Å². The minimum atomic E-state index is -0.628. The second-order valence-corrected chi connectivity index (χ2v) is 5.29. The number of esters is 1. The Bertz CT molecular complexity index is 642. The highest BCUT2D eigenvalue weighted by Crippen LogP contribution is 2.38. The van der Waals surface area contributed by atoms with Gasteiger partial charge in [0.1, 0.15) is 11.5 Å². The van der Waals surface area contributed by atoms with Crippen LogP contribution in [-0.4, -0.2) is 30.3 Å². The molecule has 0 aliphatic carbocycles. The number of benzene rings is 1. The summed E-state index contributed by atoms with van der Waals surface area (Å²) >= 11 is 0. The lowest BCUT2D eigenvalue weighted by molar-refractivity contribution is -0.139. The Hall–Kier alpha value is -2.50. The SMILES string of the molecule is CCOC(=O)/C(=C(/C)O)C(CC(C)=O)c1ccc2c(c1)OCO2. The normalized spacial score (nSPS) is 14.9. The van der Waals surface area contributed by atoms with Gasteiger partial charge in [-0.05, 0) is 38.5 Å². The van der Waals surface area contributed by atoms with Gasteiger partial charge in [-0.2, -0.15) is 0 Å². The van der Waals surface area contributed by atoms with E-state index in [1.807, 2.05) is 0 Å². The molecule has 6 heteroatoms. The highest BCUT2D eigenvalue weighted by Gasteiger charge is 2.29. The summed E-state index contributed by atoms with van der Waals surface area (Å²) in [6, 6.07) is 5.20. The van der Waals surface area contributed by atoms with E-state index in [0.29, 0.717) is 17.1 Å². The minimum Gasteiger partial charge on any atom is -0.512 e. The highest BCUT2D eigenvalue weighted by molar-refractivity contribution is 5.92. The third-order valence-electron chi connectivity index (χ3n) is 3.52. The fourth-order valence-corrected chi connectivity index (χ4v) is 2.55. The third kappa shape index (κ3) is 3.83. The highest BCUT2D eigenvalue weighted by atomic mass is 16.7. The summed E-state index contributed by atoms with van der Waals surface area (Å²) in [5.41, 5.74) is 0.766. The van der Waals surface area contributed by atoms with Crippen LogP contribution in [0.1, 0.15) is 38.7 Å². The molecule has 1 atom stereocenters. The van der Waals surface area contributed by atoms with Crippen LogP contribution >= 0.6 is 0 Å². The molecule has 0 fully saturated rings.